The minimum absolute atomic E-state index is 0.160. The van der Waals surface area contributed by atoms with E-state index >= 15 is 0 Å². The van der Waals surface area contributed by atoms with Gasteiger partial charge in [-0.3, -0.25) is 4.79 Å². The second-order valence-corrected chi connectivity index (χ2v) is 5.17. The summed E-state index contributed by atoms with van der Waals surface area (Å²) >= 11 is 0. The Labute approximate surface area is 118 Å². The Balaban J connectivity index is 4.22. The number of hydrogen-bond acceptors (Lipinski definition) is 4. The highest BCUT2D eigenvalue weighted by atomic mass is 16.5. The molecule has 4 nitrogen and oxygen atoms in total. The van der Waals surface area contributed by atoms with Gasteiger partial charge in [-0.25, -0.2) is 0 Å². The van der Waals surface area contributed by atoms with Crippen molar-refractivity contribution in [3.8, 4) is 0 Å². The van der Waals surface area contributed by atoms with Crippen molar-refractivity contribution < 1.29 is 14.3 Å². The molecular formula is C15H31NO3. The molecule has 1 N–H and O–H groups in total. The lowest BCUT2D eigenvalue weighted by atomic mass is 9.95. The van der Waals surface area contributed by atoms with E-state index in [0.717, 1.165) is 32.2 Å². The summed E-state index contributed by atoms with van der Waals surface area (Å²) < 4.78 is 10.8. The second kappa shape index (κ2) is 10.2. The molecule has 0 saturated carbocycles. The number of ether oxygens (including phenoxy) is 2. The Bertz CT molecular complexity index is 246. The fourth-order valence-corrected chi connectivity index (χ4v) is 1.78. The van der Waals surface area contributed by atoms with Gasteiger partial charge in [-0.2, -0.15) is 0 Å². The summed E-state index contributed by atoms with van der Waals surface area (Å²) in [4.78, 5) is 12.0. The molecule has 0 heterocycles. The molecule has 0 radical (unpaired) electrons. The number of carbonyl (C=O) groups excluding carboxylic acids is 1. The van der Waals surface area contributed by atoms with Gasteiger partial charge in [0.05, 0.1) is 12.7 Å². The molecule has 0 aliphatic heterocycles. The highest BCUT2D eigenvalue weighted by Crippen LogP contribution is 2.15. The molecule has 19 heavy (non-hydrogen) atoms. The summed E-state index contributed by atoms with van der Waals surface area (Å²) in [6, 6.07) is 0. The molecule has 0 aliphatic rings. The van der Waals surface area contributed by atoms with Gasteiger partial charge in [0.15, 0.2) is 0 Å². The molecule has 0 saturated heterocycles. The molecule has 114 valence electrons. The minimum atomic E-state index is -0.592. The second-order valence-electron chi connectivity index (χ2n) is 5.17. The van der Waals surface area contributed by atoms with Crippen molar-refractivity contribution in [3.63, 3.8) is 0 Å². The summed E-state index contributed by atoms with van der Waals surface area (Å²) in [7, 11) is 0. The lowest BCUT2D eigenvalue weighted by Gasteiger charge is -2.28. The first-order chi connectivity index (χ1) is 9.00. The van der Waals surface area contributed by atoms with Crippen LogP contribution in [0.2, 0.25) is 0 Å². The topological polar surface area (TPSA) is 47.6 Å². The summed E-state index contributed by atoms with van der Waals surface area (Å²) in [6.07, 6.45) is 3.90. The van der Waals surface area contributed by atoms with Crippen LogP contribution < -0.4 is 5.32 Å². The Morgan fingerprint density at radius 3 is 2.53 bits per heavy atom. The van der Waals surface area contributed by atoms with Crippen LogP contribution in [0.25, 0.3) is 0 Å². The van der Waals surface area contributed by atoms with Crippen LogP contribution in [0.15, 0.2) is 0 Å². The lowest BCUT2D eigenvalue weighted by Crippen LogP contribution is -2.51. The van der Waals surface area contributed by atoms with E-state index in [1.54, 1.807) is 0 Å². The van der Waals surface area contributed by atoms with Crippen LogP contribution in [-0.2, 0) is 14.3 Å². The van der Waals surface area contributed by atoms with E-state index in [9.17, 15) is 4.79 Å². The van der Waals surface area contributed by atoms with E-state index in [1.807, 2.05) is 13.8 Å². The molecule has 0 aromatic rings. The third-order valence-electron chi connectivity index (χ3n) is 3.29. The normalized spacial score (nSPS) is 15.8. The number of carbonyl (C=O) groups is 1. The third-order valence-corrected chi connectivity index (χ3v) is 3.29. The van der Waals surface area contributed by atoms with Crippen LogP contribution >= 0.6 is 0 Å². The molecule has 2 atom stereocenters. The quantitative estimate of drug-likeness (QED) is 0.464. The molecule has 0 rings (SSSR count). The predicted octanol–water partition coefficient (Wildman–Crippen LogP) is 2.90. The first-order valence-electron chi connectivity index (χ1n) is 7.54. The van der Waals surface area contributed by atoms with Crippen molar-refractivity contribution >= 4 is 5.97 Å². The summed E-state index contributed by atoms with van der Waals surface area (Å²) in [6.45, 7) is 12.0. The zero-order chi connectivity index (χ0) is 14.7. The van der Waals surface area contributed by atoms with Crippen molar-refractivity contribution in [2.45, 2.75) is 71.9 Å². The third kappa shape index (κ3) is 7.53. The van der Waals surface area contributed by atoms with Crippen LogP contribution in [-0.4, -0.2) is 37.4 Å². The smallest absolute Gasteiger partial charge is 0.326 e. The Morgan fingerprint density at radius 1 is 1.32 bits per heavy atom. The van der Waals surface area contributed by atoms with Crippen LogP contribution in [0.5, 0.6) is 0 Å². The van der Waals surface area contributed by atoms with Gasteiger partial charge in [-0.15, -0.1) is 0 Å². The van der Waals surface area contributed by atoms with E-state index in [4.69, 9.17) is 9.47 Å². The molecule has 0 bridgehead atoms. The molecule has 2 unspecified atom stereocenters. The Morgan fingerprint density at radius 2 is 2.00 bits per heavy atom. The van der Waals surface area contributed by atoms with Gasteiger partial charge in [0.25, 0.3) is 0 Å². The van der Waals surface area contributed by atoms with E-state index in [1.165, 1.54) is 0 Å². The molecule has 0 amide bonds. The lowest BCUT2D eigenvalue weighted by molar-refractivity contribution is -0.151. The van der Waals surface area contributed by atoms with E-state index < -0.39 is 5.54 Å². The maximum absolute atomic E-state index is 12.0. The van der Waals surface area contributed by atoms with Crippen LogP contribution in [0.3, 0.4) is 0 Å². The molecule has 0 aromatic heterocycles. The zero-order valence-electron chi connectivity index (χ0n) is 13.3. The number of hydrogen-bond donors (Lipinski definition) is 1. The van der Waals surface area contributed by atoms with Gasteiger partial charge in [-0.1, -0.05) is 13.8 Å². The SMILES string of the molecule is CCCNC(C)(CCCOC(C)CC)C(=O)OCC. The predicted molar refractivity (Wildman–Crippen MR) is 78.3 cm³/mol. The molecule has 0 aromatic carbocycles. The molecule has 0 spiro atoms. The van der Waals surface area contributed by atoms with Crippen LogP contribution in [0.1, 0.15) is 60.3 Å². The highest BCUT2D eigenvalue weighted by Gasteiger charge is 2.33. The molecule has 0 fully saturated rings. The largest absolute Gasteiger partial charge is 0.465 e. The van der Waals surface area contributed by atoms with Gasteiger partial charge < -0.3 is 14.8 Å². The Kier molecular flexibility index (Phi) is 9.88. The van der Waals surface area contributed by atoms with Crippen molar-refractivity contribution in [3.05, 3.63) is 0 Å². The summed E-state index contributed by atoms with van der Waals surface area (Å²) in [5.41, 5.74) is -0.592. The van der Waals surface area contributed by atoms with E-state index in [0.29, 0.717) is 13.2 Å². The average Bonchev–Trinajstić information content (AvgIpc) is 2.41. The van der Waals surface area contributed by atoms with Crippen LogP contribution in [0, 0.1) is 0 Å². The molecular weight excluding hydrogens is 242 g/mol. The fourth-order valence-electron chi connectivity index (χ4n) is 1.78. The van der Waals surface area contributed by atoms with Crippen LogP contribution in [0.4, 0.5) is 0 Å². The first-order valence-corrected chi connectivity index (χ1v) is 7.54. The maximum atomic E-state index is 12.0. The fraction of sp³-hybridized carbons (Fsp3) is 0.933. The van der Waals surface area contributed by atoms with Crippen molar-refractivity contribution in [1.82, 2.24) is 5.32 Å². The van der Waals surface area contributed by atoms with Gasteiger partial charge >= 0.3 is 5.97 Å². The number of esters is 1. The molecule has 4 heteroatoms. The van der Waals surface area contributed by atoms with Gasteiger partial charge in [0.1, 0.15) is 5.54 Å². The van der Waals surface area contributed by atoms with Crippen molar-refractivity contribution in [1.29, 1.82) is 0 Å². The molecule has 0 aliphatic carbocycles. The van der Waals surface area contributed by atoms with Gasteiger partial charge in [0, 0.05) is 6.61 Å². The van der Waals surface area contributed by atoms with E-state index in [2.05, 4.69) is 26.1 Å². The summed E-state index contributed by atoms with van der Waals surface area (Å²) in [5, 5.41) is 3.30. The monoisotopic (exact) mass is 273 g/mol. The van der Waals surface area contributed by atoms with Gasteiger partial charge in [-0.05, 0) is 53.0 Å². The summed E-state index contributed by atoms with van der Waals surface area (Å²) in [5.74, 6) is -0.160. The average molecular weight is 273 g/mol. The zero-order valence-corrected chi connectivity index (χ0v) is 13.3. The van der Waals surface area contributed by atoms with Gasteiger partial charge in [0.2, 0.25) is 0 Å². The standard InChI is InChI=1S/C15H31NO3/c1-6-11-16-15(5,14(17)18-8-3)10-9-12-19-13(4)7-2/h13,16H,6-12H2,1-5H3. The number of nitrogens with one attached hydrogen (secondary N) is 1. The van der Waals surface area contributed by atoms with E-state index in [-0.39, 0.29) is 12.1 Å². The Hall–Kier alpha value is -0.610. The first kappa shape index (κ1) is 18.4. The highest BCUT2D eigenvalue weighted by molar-refractivity contribution is 5.80. The number of rotatable bonds is 11. The van der Waals surface area contributed by atoms with Crippen molar-refractivity contribution in [2.75, 3.05) is 19.8 Å². The van der Waals surface area contributed by atoms with Crippen molar-refractivity contribution in [2.24, 2.45) is 0 Å². The minimum Gasteiger partial charge on any atom is -0.465 e. The maximum Gasteiger partial charge on any atom is 0.326 e.